The van der Waals surface area contributed by atoms with Gasteiger partial charge >= 0.3 is 5.97 Å². The fourth-order valence-electron chi connectivity index (χ4n) is 2.57. The van der Waals surface area contributed by atoms with E-state index in [2.05, 4.69) is 10.2 Å². The molecular weight excluding hydrogens is 346 g/mol. The number of ketones is 1. The minimum Gasteiger partial charge on any atom is -0.496 e. The van der Waals surface area contributed by atoms with Gasteiger partial charge in [0, 0.05) is 11.1 Å². The summed E-state index contributed by atoms with van der Waals surface area (Å²) in [6.07, 6.45) is 0. The molecule has 3 aromatic rings. The lowest BCUT2D eigenvalue weighted by Gasteiger charge is -2.10. The Bertz CT molecular complexity index is 980. The van der Waals surface area contributed by atoms with Crippen molar-refractivity contribution in [2.75, 3.05) is 7.11 Å². The lowest BCUT2D eigenvalue weighted by molar-refractivity contribution is 0.0461. The summed E-state index contributed by atoms with van der Waals surface area (Å²) in [7, 11) is 1.52. The maximum Gasteiger partial charge on any atom is 0.361 e. The van der Waals surface area contributed by atoms with Gasteiger partial charge in [-0.2, -0.15) is 9.90 Å². The molecule has 0 aliphatic carbocycles. The smallest absolute Gasteiger partial charge is 0.361 e. The number of hydrogen-bond acceptors (Lipinski definition) is 6. The summed E-state index contributed by atoms with van der Waals surface area (Å²) in [6, 6.07) is 14.3. The molecule has 0 amide bonds. The van der Waals surface area contributed by atoms with Crippen LogP contribution in [0.25, 0.3) is 5.69 Å². The molecule has 1 heterocycles. The maximum absolute atomic E-state index is 12.5. The SMILES string of the molecule is COc1ccc(C(C)=O)cc1COC(=O)c1nn(-c2ccccc2)nc1C. The summed E-state index contributed by atoms with van der Waals surface area (Å²) in [6.45, 7) is 3.13. The molecule has 0 aliphatic heterocycles. The van der Waals surface area contributed by atoms with E-state index in [1.54, 1.807) is 25.1 Å². The molecule has 0 saturated carbocycles. The minimum absolute atomic E-state index is 0.0409. The van der Waals surface area contributed by atoms with Crippen LogP contribution in [0.1, 0.15) is 39.0 Å². The molecular formula is C20H19N3O4. The molecule has 27 heavy (non-hydrogen) atoms. The molecule has 0 fully saturated rings. The van der Waals surface area contributed by atoms with Crippen LogP contribution in [0.15, 0.2) is 48.5 Å². The molecule has 1 aromatic heterocycles. The topological polar surface area (TPSA) is 83.3 Å². The second-order valence-corrected chi connectivity index (χ2v) is 5.92. The van der Waals surface area contributed by atoms with Crippen LogP contribution in [0, 0.1) is 6.92 Å². The standard InChI is InChI=1S/C20H19N3O4/c1-13-19(22-23(21-13)17-7-5-4-6-8-17)20(25)27-12-16-11-15(14(2)24)9-10-18(16)26-3/h4-11H,12H2,1-3H3. The van der Waals surface area contributed by atoms with Crippen LogP contribution in [0.2, 0.25) is 0 Å². The Morgan fingerprint density at radius 3 is 2.48 bits per heavy atom. The van der Waals surface area contributed by atoms with Crippen LogP contribution >= 0.6 is 0 Å². The fourth-order valence-corrected chi connectivity index (χ4v) is 2.57. The number of methoxy groups -OCH3 is 1. The second kappa shape index (κ2) is 7.82. The van der Waals surface area contributed by atoms with Gasteiger partial charge in [-0.3, -0.25) is 4.79 Å². The maximum atomic E-state index is 12.5. The first-order chi connectivity index (χ1) is 13.0. The molecule has 138 valence electrons. The molecule has 0 aliphatic rings. The average molecular weight is 365 g/mol. The zero-order valence-corrected chi connectivity index (χ0v) is 15.3. The summed E-state index contributed by atoms with van der Waals surface area (Å²) in [5.41, 5.74) is 2.48. The summed E-state index contributed by atoms with van der Waals surface area (Å²) in [4.78, 5) is 25.4. The Morgan fingerprint density at radius 1 is 1.07 bits per heavy atom. The third-order valence-electron chi connectivity index (χ3n) is 4.01. The molecule has 7 nitrogen and oxygen atoms in total. The number of carbonyl (C=O) groups excluding carboxylic acids is 2. The number of aromatic nitrogens is 3. The Labute approximate surface area is 156 Å². The summed E-state index contributed by atoms with van der Waals surface area (Å²) in [5, 5.41) is 8.49. The highest BCUT2D eigenvalue weighted by Gasteiger charge is 2.19. The van der Waals surface area contributed by atoms with Crippen LogP contribution in [0.5, 0.6) is 5.75 Å². The minimum atomic E-state index is -0.593. The number of hydrogen-bond donors (Lipinski definition) is 0. The van der Waals surface area contributed by atoms with Gasteiger partial charge in [-0.15, -0.1) is 5.10 Å². The van der Waals surface area contributed by atoms with E-state index in [0.717, 1.165) is 5.69 Å². The first-order valence-electron chi connectivity index (χ1n) is 8.34. The lowest BCUT2D eigenvalue weighted by atomic mass is 10.1. The molecule has 0 unspecified atom stereocenters. The van der Waals surface area contributed by atoms with Gasteiger partial charge < -0.3 is 9.47 Å². The van der Waals surface area contributed by atoms with Gasteiger partial charge in [-0.25, -0.2) is 4.79 Å². The van der Waals surface area contributed by atoms with Crippen LogP contribution in [0.4, 0.5) is 0 Å². The molecule has 0 N–H and O–H groups in total. The first kappa shape index (κ1) is 18.3. The Hall–Kier alpha value is -3.48. The molecule has 0 radical (unpaired) electrons. The Morgan fingerprint density at radius 2 is 1.81 bits per heavy atom. The molecule has 7 heteroatoms. The van der Waals surface area contributed by atoms with Crippen LogP contribution in [0.3, 0.4) is 0 Å². The third kappa shape index (κ3) is 4.03. The van der Waals surface area contributed by atoms with E-state index in [1.165, 1.54) is 18.8 Å². The van der Waals surface area contributed by atoms with Crippen molar-refractivity contribution in [3.8, 4) is 11.4 Å². The number of aryl methyl sites for hydroxylation is 1. The predicted octanol–water partition coefficient (Wildman–Crippen LogP) is 3.14. The number of ether oxygens (including phenoxy) is 2. The van der Waals surface area contributed by atoms with Crippen molar-refractivity contribution >= 4 is 11.8 Å². The molecule has 3 rings (SSSR count). The number of rotatable bonds is 6. The van der Waals surface area contributed by atoms with E-state index in [9.17, 15) is 9.59 Å². The monoisotopic (exact) mass is 365 g/mol. The zero-order valence-electron chi connectivity index (χ0n) is 15.3. The van der Waals surface area contributed by atoms with Crippen molar-refractivity contribution in [3.05, 3.63) is 71.0 Å². The largest absolute Gasteiger partial charge is 0.496 e. The average Bonchev–Trinajstić information content (AvgIpc) is 3.08. The van der Waals surface area contributed by atoms with Gasteiger partial charge in [-0.1, -0.05) is 18.2 Å². The molecule has 0 bridgehead atoms. The van der Waals surface area contributed by atoms with E-state index in [4.69, 9.17) is 9.47 Å². The number of esters is 1. The molecule has 0 atom stereocenters. The number of carbonyl (C=O) groups is 2. The fraction of sp³-hybridized carbons (Fsp3) is 0.200. The molecule has 0 saturated heterocycles. The summed E-state index contributed by atoms with van der Waals surface area (Å²) < 4.78 is 10.6. The molecule has 2 aromatic carbocycles. The van der Waals surface area contributed by atoms with Gasteiger partial charge in [0.25, 0.3) is 0 Å². The van der Waals surface area contributed by atoms with Crippen molar-refractivity contribution in [3.63, 3.8) is 0 Å². The number of Topliss-reactive ketones (excluding diaryl/α,β-unsaturated/α-hetero) is 1. The van der Waals surface area contributed by atoms with Gasteiger partial charge in [0.2, 0.25) is 0 Å². The van der Waals surface area contributed by atoms with Gasteiger partial charge in [-0.05, 0) is 44.2 Å². The number of benzene rings is 2. The third-order valence-corrected chi connectivity index (χ3v) is 4.01. The van der Waals surface area contributed by atoms with Crippen LogP contribution in [-0.4, -0.2) is 33.9 Å². The first-order valence-corrected chi connectivity index (χ1v) is 8.34. The zero-order chi connectivity index (χ0) is 19.4. The van der Waals surface area contributed by atoms with Crippen molar-refractivity contribution in [2.24, 2.45) is 0 Å². The van der Waals surface area contributed by atoms with E-state index in [-0.39, 0.29) is 18.1 Å². The van der Waals surface area contributed by atoms with Crippen molar-refractivity contribution in [1.29, 1.82) is 0 Å². The van der Waals surface area contributed by atoms with Crippen LogP contribution in [-0.2, 0) is 11.3 Å². The quantitative estimate of drug-likeness (QED) is 0.493. The predicted molar refractivity (Wildman–Crippen MR) is 98.2 cm³/mol. The van der Waals surface area contributed by atoms with Gasteiger partial charge in [0.15, 0.2) is 11.5 Å². The van der Waals surface area contributed by atoms with E-state index < -0.39 is 5.97 Å². The Kier molecular flexibility index (Phi) is 5.30. The highest BCUT2D eigenvalue weighted by molar-refractivity contribution is 5.94. The second-order valence-electron chi connectivity index (χ2n) is 5.92. The van der Waals surface area contributed by atoms with Crippen molar-refractivity contribution < 1.29 is 19.1 Å². The van der Waals surface area contributed by atoms with Crippen molar-refractivity contribution in [1.82, 2.24) is 15.0 Å². The summed E-state index contributed by atoms with van der Waals surface area (Å²) in [5.74, 6) is -0.130. The van der Waals surface area contributed by atoms with E-state index in [0.29, 0.717) is 22.6 Å². The summed E-state index contributed by atoms with van der Waals surface area (Å²) >= 11 is 0. The number of para-hydroxylation sites is 1. The van der Waals surface area contributed by atoms with E-state index in [1.807, 2.05) is 30.3 Å². The van der Waals surface area contributed by atoms with Crippen LogP contribution < -0.4 is 4.74 Å². The highest BCUT2D eigenvalue weighted by Crippen LogP contribution is 2.22. The molecule has 0 spiro atoms. The van der Waals surface area contributed by atoms with Crippen molar-refractivity contribution in [2.45, 2.75) is 20.5 Å². The Balaban J connectivity index is 1.78. The highest BCUT2D eigenvalue weighted by atomic mass is 16.5. The lowest BCUT2D eigenvalue weighted by Crippen LogP contribution is -2.09. The van der Waals surface area contributed by atoms with Gasteiger partial charge in [0.1, 0.15) is 12.4 Å². The number of nitrogens with zero attached hydrogens (tertiary/aromatic N) is 3. The normalized spacial score (nSPS) is 10.5. The van der Waals surface area contributed by atoms with E-state index >= 15 is 0 Å². The van der Waals surface area contributed by atoms with Gasteiger partial charge in [0.05, 0.1) is 18.5 Å².